The van der Waals surface area contributed by atoms with Gasteiger partial charge in [0, 0.05) is 17.9 Å². The predicted molar refractivity (Wildman–Crippen MR) is 73.6 cm³/mol. The summed E-state index contributed by atoms with van der Waals surface area (Å²) in [6.07, 6.45) is 1.81. The van der Waals surface area contributed by atoms with E-state index in [1.807, 2.05) is 24.5 Å². The molecule has 0 aliphatic heterocycles. The van der Waals surface area contributed by atoms with Crippen molar-refractivity contribution in [3.8, 4) is 0 Å². The topological polar surface area (TPSA) is 82.8 Å². The number of rotatable bonds is 6. The molecule has 0 unspecified atom stereocenters. The van der Waals surface area contributed by atoms with Crippen LogP contribution in [0.4, 0.5) is 0 Å². The lowest BCUT2D eigenvalue weighted by Crippen LogP contribution is -2.08. The van der Waals surface area contributed by atoms with Gasteiger partial charge in [0.2, 0.25) is 0 Å². The van der Waals surface area contributed by atoms with Crippen molar-refractivity contribution in [2.75, 3.05) is 0 Å². The normalized spacial score (nSPS) is 10.9. The quantitative estimate of drug-likeness (QED) is 0.641. The van der Waals surface area contributed by atoms with Crippen molar-refractivity contribution in [1.29, 1.82) is 0 Å². The molecule has 0 saturated heterocycles. The van der Waals surface area contributed by atoms with Gasteiger partial charge in [0.25, 0.3) is 0 Å². The largest absolute Gasteiger partial charge is 0.361 e. The van der Waals surface area contributed by atoms with Crippen molar-refractivity contribution >= 4 is 11.8 Å². The fourth-order valence-corrected chi connectivity index (χ4v) is 2.85. The van der Waals surface area contributed by atoms with E-state index < -0.39 is 0 Å². The fraction of sp³-hybridized carbons (Fsp3) is 0.417. The second-order valence-corrected chi connectivity index (χ2v) is 5.04. The number of nitrogens with two attached hydrogens (primary N) is 1. The Balaban J connectivity index is 2.15. The highest BCUT2D eigenvalue weighted by Crippen LogP contribution is 2.25. The van der Waals surface area contributed by atoms with Crippen LogP contribution >= 0.6 is 11.8 Å². The molecule has 0 radical (unpaired) electrons. The Kier molecular flexibility index (Phi) is 4.39. The predicted octanol–water partition coefficient (Wildman–Crippen LogP) is 1.82. The Bertz CT molecular complexity index is 555. The third-order valence-electron chi connectivity index (χ3n) is 2.81. The van der Waals surface area contributed by atoms with E-state index >= 15 is 0 Å². The van der Waals surface area contributed by atoms with E-state index in [1.54, 1.807) is 11.8 Å². The first-order valence-corrected chi connectivity index (χ1v) is 6.93. The molecular formula is C12H17N5OS. The van der Waals surface area contributed by atoms with Crippen LogP contribution in [0.3, 0.4) is 0 Å². The van der Waals surface area contributed by atoms with E-state index in [4.69, 9.17) is 10.3 Å². The van der Waals surface area contributed by atoms with E-state index in [1.165, 1.54) is 0 Å². The number of aromatic nitrogens is 4. The van der Waals surface area contributed by atoms with Gasteiger partial charge in [0.1, 0.15) is 11.6 Å². The van der Waals surface area contributed by atoms with Crippen LogP contribution in [0.1, 0.15) is 22.8 Å². The highest BCUT2D eigenvalue weighted by atomic mass is 32.2. The summed E-state index contributed by atoms with van der Waals surface area (Å²) in [7, 11) is 0. The Morgan fingerprint density at radius 1 is 1.42 bits per heavy atom. The van der Waals surface area contributed by atoms with Crippen molar-refractivity contribution < 1.29 is 4.52 Å². The van der Waals surface area contributed by atoms with Crippen molar-refractivity contribution in [1.82, 2.24) is 19.9 Å². The summed E-state index contributed by atoms with van der Waals surface area (Å²) in [6, 6.07) is 0. The first-order valence-electron chi connectivity index (χ1n) is 5.95. The highest BCUT2D eigenvalue weighted by molar-refractivity contribution is 7.98. The molecule has 0 saturated carbocycles. The maximum Gasteiger partial charge on any atom is 0.191 e. The van der Waals surface area contributed by atoms with Crippen LogP contribution in [-0.2, 0) is 18.8 Å². The molecule has 0 aromatic carbocycles. The second kappa shape index (κ2) is 6.03. The van der Waals surface area contributed by atoms with Crippen molar-refractivity contribution in [3.63, 3.8) is 0 Å². The Hall–Kier alpha value is -1.60. The smallest absolute Gasteiger partial charge is 0.191 e. The molecule has 0 aliphatic rings. The molecular weight excluding hydrogens is 262 g/mol. The van der Waals surface area contributed by atoms with Gasteiger partial charge in [-0.1, -0.05) is 23.0 Å². The zero-order chi connectivity index (χ0) is 13.8. The fourth-order valence-electron chi connectivity index (χ4n) is 1.73. The Labute approximate surface area is 116 Å². The standard InChI is InChI=1S/C12H17N5OS/c1-4-5-17-11(6-13)14-15-12(17)19-7-10-8(2)16-18-9(10)3/h4H,1,5-7,13H2,2-3H3. The maximum atomic E-state index is 5.64. The van der Waals surface area contributed by atoms with Gasteiger partial charge in [-0.2, -0.15) is 0 Å². The number of thioether (sulfide) groups is 1. The third-order valence-corrected chi connectivity index (χ3v) is 3.81. The van der Waals surface area contributed by atoms with Gasteiger partial charge >= 0.3 is 0 Å². The summed E-state index contributed by atoms with van der Waals surface area (Å²) < 4.78 is 7.11. The van der Waals surface area contributed by atoms with Gasteiger partial charge in [0.05, 0.1) is 12.2 Å². The number of allylic oxidation sites excluding steroid dienone is 1. The lowest BCUT2D eigenvalue weighted by molar-refractivity contribution is 0.392. The summed E-state index contributed by atoms with van der Waals surface area (Å²) in [5.74, 6) is 2.36. The Morgan fingerprint density at radius 3 is 2.79 bits per heavy atom. The van der Waals surface area contributed by atoms with Gasteiger partial charge in [-0.15, -0.1) is 16.8 Å². The maximum absolute atomic E-state index is 5.64. The van der Waals surface area contributed by atoms with E-state index in [0.717, 1.165) is 33.8 Å². The summed E-state index contributed by atoms with van der Waals surface area (Å²) >= 11 is 1.60. The molecule has 0 spiro atoms. The first kappa shape index (κ1) is 13.8. The number of aryl methyl sites for hydroxylation is 2. The molecule has 0 bridgehead atoms. The molecule has 0 atom stereocenters. The molecule has 2 N–H and O–H groups in total. The van der Waals surface area contributed by atoms with E-state index in [9.17, 15) is 0 Å². The number of hydrogen-bond donors (Lipinski definition) is 1. The summed E-state index contributed by atoms with van der Waals surface area (Å²) in [5, 5.41) is 13.0. The Morgan fingerprint density at radius 2 is 2.21 bits per heavy atom. The van der Waals surface area contributed by atoms with E-state index in [-0.39, 0.29) is 0 Å². The van der Waals surface area contributed by atoms with Gasteiger partial charge in [-0.05, 0) is 13.8 Å². The SMILES string of the molecule is C=CCn1c(CN)nnc1SCc1c(C)noc1C. The molecule has 0 aliphatic carbocycles. The summed E-state index contributed by atoms with van der Waals surface area (Å²) in [6.45, 7) is 8.61. The molecule has 19 heavy (non-hydrogen) atoms. The molecule has 6 nitrogen and oxygen atoms in total. The van der Waals surface area contributed by atoms with Crippen LogP contribution in [0.5, 0.6) is 0 Å². The first-order chi connectivity index (χ1) is 9.17. The molecule has 102 valence electrons. The van der Waals surface area contributed by atoms with Crippen LogP contribution in [-0.4, -0.2) is 19.9 Å². The molecule has 7 heteroatoms. The lowest BCUT2D eigenvalue weighted by atomic mass is 10.2. The van der Waals surface area contributed by atoms with Crippen molar-refractivity contribution in [2.45, 2.75) is 37.8 Å². The minimum Gasteiger partial charge on any atom is -0.361 e. The summed E-state index contributed by atoms with van der Waals surface area (Å²) in [5.41, 5.74) is 7.66. The van der Waals surface area contributed by atoms with E-state index in [2.05, 4.69) is 21.9 Å². The monoisotopic (exact) mass is 279 g/mol. The van der Waals surface area contributed by atoms with Crippen molar-refractivity contribution in [3.05, 3.63) is 35.5 Å². The molecule has 2 rings (SSSR count). The zero-order valence-electron chi connectivity index (χ0n) is 11.1. The molecule has 0 fully saturated rings. The minimum absolute atomic E-state index is 0.368. The molecule has 2 aromatic rings. The van der Waals surface area contributed by atoms with E-state index in [0.29, 0.717) is 13.1 Å². The highest BCUT2D eigenvalue weighted by Gasteiger charge is 2.14. The van der Waals surface area contributed by atoms with Crippen LogP contribution in [0, 0.1) is 13.8 Å². The molecule has 2 aromatic heterocycles. The average molecular weight is 279 g/mol. The lowest BCUT2D eigenvalue weighted by Gasteiger charge is -2.05. The molecule has 2 heterocycles. The second-order valence-electron chi connectivity index (χ2n) is 4.09. The third kappa shape index (κ3) is 2.87. The van der Waals surface area contributed by atoms with Crippen LogP contribution < -0.4 is 5.73 Å². The van der Waals surface area contributed by atoms with Crippen LogP contribution in [0.25, 0.3) is 0 Å². The van der Waals surface area contributed by atoms with Crippen LogP contribution in [0.2, 0.25) is 0 Å². The van der Waals surface area contributed by atoms with Crippen molar-refractivity contribution in [2.24, 2.45) is 5.73 Å². The zero-order valence-corrected chi connectivity index (χ0v) is 11.9. The van der Waals surface area contributed by atoms with Gasteiger partial charge in [-0.25, -0.2) is 0 Å². The number of hydrogen-bond acceptors (Lipinski definition) is 6. The minimum atomic E-state index is 0.368. The van der Waals surface area contributed by atoms with Gasteiger partial charge in [0.15, 0.2) is 5.16 Å². The van der Waals surface area contributed by atoms with Gasteiger partial charge < -0.3 is 14.8 Å². The summed E-state index contributed by atoms with van der Waals surface area (Å²) in [4.78, 5) is 0. The average Bonchev–Trinajstić information content (AvgIpc) is 2.93. The number of nitrogens with zero attached hydrogens (tertiary/aromatic N) is 4. The van der Waals surface area contributed by atoms with Crippen LogP contribution in [0.15, 0.2) is 22.3 Å². The molecule has 0 amide bonds. The van der Waals surface area contributed by atoms with Gasteiger partial charge in [-0.3, -0.25) is 0 Å².